The quantitative estimate of drug-likeness (QED) is 0.710. The molecule has 0 bridgehead atoms. The standard InChI is InChI=1S/C12H20N2O/c1-12(2,3)14-6-4-5-10(8-14)11-7-13-9-15-11/h7,9-10H,4-6,8H2,1-3H3/t10-/m0/s1. The van der Waals surface area contributed by atoms with Crippen LogP contribution in [0.25, 0.3) is 0 Å². The van der Waals surface area contributed by atoms with Gasteiger partial charge in [-0.2, -0.15) is 0 Å². The summed E-state index contributed by atoms with van der Waals surface area (Å²) in [5, 5.41) is 0. The lowest BCUT2D eigenvalue weighted by atomic mass is 9.92. The van der Waals surface area contributed by atoms with Crippen molar-refractivity contribution in [2.24, 2.45) is 0 Å². The molecule has 3 heteroatoms. The van der Waals surface area contributed by atoms with Gasteiger partial charge < -0.3 is 4.42 Å². The second-order valence-electron chi connectivity index (χ2n) is 5.36. The second kappa shape index (κ2) is 3.97. The van der Waals surface area contributed by atoms with Crippen molar-refractivity contribution in [1.29, 1.82) is 0 Å². The fraction of sp³-hybridized carbons (Fsp3) is 0.750. The molecule has 2 heterocycles. The summed E-state index contributed by atoms with van der Waals surface area (Å²) >= 11 is 0. The van der Waals surface area contributed by atoms with Gasteiger partial charge in [0, 0.05) is 18.0 Å². The Morgan fingerprint density at radius 1 is 1.47 bits per heavy atom. The minimum atomic E-state index is 0.263. The average Bonchev–Trinajstić information content (AvgIpc) is 2.69. The van der Waals surface area contributed by atoms with Gasteiger partial charge in [-0.15, -0.1) is 0 Å². The highest BCUT2D eigenvalue weighted by Gasteiger charge is 2.29. The van der Waals surface area contributed by atoms with Crippen LogP contribution in [0.5, 0.6) is 0 Å². The zero-order valence-electron chi connectivity index (χ0n) is 9.86. The lowest BCUT2D eigenvalue weighted by Gasteiger charge is -2.41. The molecule has 0 unspecified atom stereocenters. The van der Waals surface area contributed by atoms with Gasteiger partial charge in [-0.05, 0) is 40.2 Å². The van der Waals surface area contributed by atoms with Gasteiger partial charge in [0.15, 0.2) is 6.39 Å². The Morgan fingerprint density at radius 3 is 2.87 bits per heavy atom. The molecule has 1 atom stereocenters. The van der Waals surface area contributed by atoms with Crippen LogP contribution in [0.15, 0.2) is 17.0 Å². The molecule has 1 aromatic heterocycles. The smallest absolute Gasteiger partial charge is 0.180 e. The van der Waals surface area contributed by atoms with Crippen molar-refractivity contribution in [3.63, 3.8) is 0 Å². The SMILES string of the molecule is CC(C)(C)N1CCC[C@H](c2cnco2)C1. The van der Waals surface area contributed by atoms with E-state index in [2.05, 4.69) is 30.7 Å². The molecule has 0 aliphatic carbocycles. The van der Waals surface area contributed by atoms with Crippen molar-refractivity contribution in [2.45, 2.75) is 45.1 Å². The summed E-state index contributed by atoms with van der Waals surface area (Å²) in [7, 11) is 0. The molecule has 0 N–H and O–H groups in total. The largest absolute Gasteiger partial charge is 0.448 e. The van der Waals surface area contributed by atoms with E-state index in [0.717, 1.165) is 12.3 Å². The summed E-state index contributed by atoms with van der Waals surface area (Å²) in [6, 6.07) is 0. The van der Waals surface area contributed by atoms with Crippen molar-refractivity contribution in [3.05, 3.63) is 18.4 Å². The summed E-state index contributed by atoms with van der Waals surface area (Å²) < 4.78 is 5.40. The van der Waals surface area contributed by atoms with E-state index in [1.165, 1.54) is 25.8 Å². The molecular formula is C12H20N2O. The van der Waals surface area contributed by atoms with E-state index < -0.39 is 0 Å². The lowest BCUT2D eigenvalue weighted by Crippen LogP contribution is -2.46. The lowest BCUT2D eigenvalue weighted by molar-refractivity contribution is 0.0937. The first kappa shape index (κ1) is 10.7. The van der Waals surface area contributed by atoms with Crippen molar-refractivity contribution in [1.82, 2.24) is 9.88 Å². The third kappa shape index (κ3) is 2.40. The zero-order valence-corrected chi connectivity index (χ0v) is 9.86. The molecule has 1 fully saturated rings. The van der Waals surface area contributed by atoms with Crippen LogP contribution < -0.4 is 0 Å². The maximum absolute atomic E-state index is 5.40. The van der Waals surface area contributed by atoms with E-state index in [1.54, 1.807) is 0 Å². The fourth-order valence-electron chi connectivity index (χ4n) is 2.25. The Balaban J connectivity index is 2.05. The van der Waals surface area contributed by atoms with E-state index in [0.29, 0.717) is 5.92 Å². The minimum absolute atomic E-state index is 0.263. The molecule has 15 heavy (non-hydrogen) atoms. The molecular weight excluding hydrogens is 188 g/mol. The second-order valence-corrected chi connectivity index (χ2v) is 5.36. The summed E-state index contributed by atoms with van der Waals surface area (Å²) in [4.78, 5) is 6.53. The van der Waals surface area contributed by atoms with E-state index in [-0.39, 0.29) is 5.54 Å². The maximum Gasteiger partial charge on any atom is 0.180 e. The van der Waals surface area contributed by atoms with E-state index >= 15 is 0 Å². The van der Waals surface area contributed by atoms with Gasteiger partial charge in [0.2, 0.25) is 0 Å². The van der Waals surface area contributed by atoms with Crippen LogP contribution in [0, 0.1) is 0 Å². The third-order valence-corrected chi connectivity index (χ3v) is 3.22. The Morgan fingerprint density at radius 2 is 2.27 bits per heavy atom. The predicted octanol–water partition coefficient (Wildman–Crippen LogP) is 2.65. The molecule has 1 aromatic rings. The number of likely N-dealkylation sites (tertiary alicyclic amines) is 1. The molecule has 2 rings (SSSR count). The number of piperidine rings is 1. The third-order valence-electron chi connectivity index (χ3n) is 3.22. The summed E-state index contributed by atoms with van der Waals surface area (Å²) in [6.07, 6.45) is 5.87. The van der Waals surface area contributed by atoms with Crippen LogP contribution in [-0.2, 0) is 0 Å². The van der Waals surface area contributed by atoms with Crippen molar-refractivity contribution < 1.29 is 4.42 Å². The minimum Gasteiger partial charge on any atom is -0.448 e. The first-order valence-corrected chi connectivity index (χ1v) is 5.71. The van der Waals surface area contributed by atoms with Crippen LogP contribution in [0.4, 0.5) is 0 Å². The Kier molecular flexibility index (Phi) is 2.83. The molecule has 1 aliphatic heterocycles. The van der Waals surface area contributed by atoms with Gasteiger partial charge in [-0.1, -0.05) is 0 Å². The van der Waals surface area contributed by atoms with Crippen molar-refractivity contribution in [2.75, 3.05) is 13.1 Å². The monoisotopic (exact) mass is 208 g/mol. The van der Waals surface area contributed by atoms with Crippen LogP contribution >= 0.6 is 0 Å². The number of hydrogen-bond donors (Lipinski definition) is 0. The van der Waals surface area contributed by atoms with Crippen LogP contribution in [-0.4, -0.2) is 28.5 Å². The van der Waals surface area contributed by atoms with E-state index in [4.69, 9.17) is 4.42 Å². The van der Waals surface area contributed by atoms with Gasteiger partial charge in [-0.3, -0.25) is 4.90 Å². The predicted molar refractivity (Wildman–Crippen MR) is 59.8 cm³/mol. The number of nitrogens with zero attached hydrogens (tertiary/aromatic N) is 2. The number of rotatable bonds is 1. The number of hydrogen-bond acceptors (Lipinski definition) is 3. The normalized spacial score (nSPS) is 24.3. The molecule has 1 aliphatic rings. The molecule has 0 spiro atoms. The molecule has 0 saturated carbocycles. The Bertz CT molecular complexity index is 300. The highest BCUT2D eigenvalue weighted by molar-refractivity contribution is 5.02. The van der Waals surface area contributed by atoms with Crippen LogP contribution in [0.3, 0.4) is 0 Å². The molecule has 1 saturated heterocycles. The van der Waals surface area contributed by atoms with Crippen LogP contribution in [0.2, 0.25) is 0 Å². The molecule has 84 valence electrons. The summed E-state index contributed by atoms with van der Waals surface area (Å²) in [5.41, 5.74) is 0.263. The summed E-state index contributed by atoms with van der Waals surface area (Å²) in [6.45, 7) is 9.12. The van der Waals surface area contributed by atoms with Gasteiger partial charge in [0.1, 0.15) is 5.76 Å². The van der Waals surface area contributed by atoms with Crippen molar-refractivity contribution in [3.8, 4) is 0 Å². The topological polar surface area (TPSA) is 29.3 Å². The van der Waals surface area contributed by atoms with E-state index in [1.807, 2.05) is 6.20 Å². The van der Waals surface area contributed by atoms with Crippen molar-refractivity contribution >= 4 is 0 Å². The van der Waals surface area contributed by atoms with Gasteiger partial charge in [0.25, 0.3) is 0 Å². The fourth-order valence-corrected chi connectivity index (χ4v) is 2.25. The highest BCUT2D eigenvalue weighted by atomic mass is 16.3. The number of oxazole rings is 1. The van der Waals surface area contributed by atoms with Gasteiger partial charge >= 0.3 is 0 Å². The molecule has 3 nitrogen and oxygen atoms in total. The highest BCUT2D eigenvalue weighted by Crippen LogP contribution is 2.30. The molecule has 0 aromatic carbocycles. The summed E-state index contributed by atoms with van der Waals surface area (Å²) in [5.74, 6) is 1.57. The van der Waals surface area contributed by atoms with Crippen LogP contribution in [0.1, 0.15) is 45.3 Å². The first-order valence-electron chi connectivity index (χ1n) is 5.71. The average molecular weight is 208 g/mol. The number of aromatic nitrogens is 1. The Labute approximate surface area is 91.5 Å². The first-order chi connectivity index (χ1) is 7.07. The zero-order chi connectivity index (χ0) is 10.9. The maximum atomic E-state index is 5.40. The molecule has 0 amide bonds. The molecule has 0 radical (unpaired) electrons. The Hall–Kier alpha value is -0.830. The van der Waals surface area contributed by atoms with Gasteiger partial charge in [-0.25, -0.2) is 4.98 Å². The van der Waals surface area contributed by atoms with E-state index in [9.17, 15) is 0 Å². The van der Waals surface area contributed by atoms with Gasteiger partial charge in [0.05, 0.1) is 6.20 Å².